The quantitative estimate of drug-likeness (QED) is 0.840. The highest BCUT2D eigenvalue weighted by atomic mass is 35.5. The fourth-order valence-electron chi connectivity index (χ4n) is 3.37. The van der Waals surface area contributed by atoms with Gasteiger partial charge in [-0.3, -0.25) is 14.5 Å². The van der Waals surface area contributed by atoms with Gasteiger partial charge < -0.3 is 10.2 Å². The van der Waals surface area contributed by atoms with Crippen molar-refractivity contribution in [3.8, 4) is 0 Å². The summed E-state index contributed by atoms with van der Waals surface area (Å²) < 4.78 is 0. The van der Waals surface area contributed by atoms with Crippen LogP contribution >= 0.6 is 11.6 Å². The second kappa shape index (κ2) is 9.22. The van der Waals surface area contributed by atoms with E-state index in [1.807, 2.05) is 4.90 Å². The maximum atomic E-state index is 12.7. The van der Waals surface area contributed by atoms with Gasteiger partial charge in [-0.05, 0) is 49.2 Å². The van der Waals surface area contributed by atoms with Crippen molar-refractivity contribution in [3.05, 3.63) is 70.2 Å². The molecule has 6 heteroatoms. The molecule has 0 aromatic heterocycles. The Labute approximate surface area is 171 Å². The average molecular weight is 400 g/mol. The molecular weight excluding hydrogens is 374 g/mol. The Bertz CT molecular complexity index is 830. The van der Waals surface area contributed by atoms with Crippen LogP contribution in [0.3, 0.4) is 0 Å². The van der Waals surface area contributed by atoms with E-state index in [4.69, 9.17) is 11.6 Å². The number of hydrogen-bond donors (Lipinski definition) is 1. The zero-order chi connectivity index (χ0) is 20.1. The van der Waals surface area contributed by atoms with Crippen molar-refractivity contribution >= 4 is 23.4 Å². The summed E-state index contributed by atoms with van der Waals surface area (Å²) in [6, 6.07) is 14.5. The fourth-order valence-corrected chi connectivity index (χ4v) is 3.50. The van der Waals surface area contributed by atoms with Gasteiger partial charge in [0, 0.05) is 43.3 Å². The summed E-state index contributed by atoms with van der Waals surface area (Å²) >= 11 is 5.85. The third kappa shape index (κ3) is 5.12. The Kier molecular flexibility index (Phi) is 6.70. The van der Waals surface area contributed by atoms with Crippen molar-refractivity contribution in [1.82, 2.24) is 15.1 Å². The zero-order valence-electron chi connectivity index (χ0n) is 16.3. The molecule has 0 bridgehead atoms. The molecule has 0 saturated carbocycles. The van der Waals surface area contributed by atoms with E-state index < -0.39 is 6.04 Å². The number of halogens is 1. The van der Waals surface area contributed by atoms with E-state index in [2.05, 4.69) is 41.4 Å². The lowest BCUT2D eigenvalue weighted by molar-refractivity contribution is -0.134. The number of hydrogen-bond acceptors (Lipinski definition) is 3. The number of piperazine rings is 1. The number of nitrogens with one attached hydrogen (secondary N) is 1. The molecule has 1 fully saturated rings. The second-order valence-corrected chi connectivity index (χ2v) is 7.67. The second-order valence-electron chi connectivity index (χ2n) is 7.23. The molecule has 0 aliphatic carbocycles. The molecule has 1 saturated heterocycles. The molecule has 1 aliphatic rings. The summed E-state index contributed by atoms with van der Waals surface area (Å²) in [6.45, 7) is 7.77. The van der Waals surface area contributed by atoms with Gasteiger partial charge >= 0.3 is 0 Å². The molecule has 0 radical (unpaired) electrons. The molecule has 3 rings (SSSR count). The molecule has 2 aromatic rings. The maximum absolute atomic E-state index is 12.7. The first-order valence-corrected chi connectivity index (χ1v) is 9.94. The van der Waals surface area contributed by atoms with Crippen LogP contribution in [0.1, 0.15) is 28.4 Å². The van der Waals surface area contributed by atoms with Crippen LogP contribution in [0.25, 0.3) is 0 Å². The van der Waals surface area contributed by atoms with Crippen LogP contribution in [0.4, 0.5) is 0 Å². The molecule has 1 unspecified atom stereocenters. The highest BCUT2D eigenvalue weighted by Gasteiger charge is 2.26. The molecule has 2 aromatic carbocycles. The van der Waals surface area contributed by atoms with Crippen LogP contribution in [-0.4, -0.2) is 53.8 Å². The van der Waals surface area contributed by atoms with E-state index in [1.165, 1.54) is 11.1 Å². The predicted octanol–water partition coefficient (Wildman–Crippen LogP) is 3.11. The lowest BCUT2D eigenvalue weighted by Crippen LogP contribution is -2.53. The van der Waals surface area contributed by atoms with Crippen LogP contribution < -0.4 is 5.32 Å². The number of carbonyl (C=O) groups is 2. The van der Waals surface area contributed by atoms with E-state index in [0.29, 0.717) is 23.7 Å². The number of benzene rings is 2. The smallest absolute Gasteiger partial charge is 0.251 e. The van der Waals surface area contributed by atoms with Crippen molar-refractivity contribution < 1.29 is 9.59 Å². The summed E-state index contributed by atoms with van der Waals surface area (Å²) in [5, 5.41) is 3.36. The van der Waals surface area contributed by atoms with Crippen LogP contribution in [0, 0.1) is 6.92 Å². The minimum absolute atomic E-state index is 0.0437. The van der Waals surface area contributed by atoms with Crippen LogP contribution in [-0.2, 0) is 11.3 Å². The minimum atomic E-state index is -0.564. The Balaban J connectivity index is 1.49. The molecule has 2 amide bonds. The highest BCUT2D eigenvalue weighted by Crippen LogP contribution is 2.13. The van der Waals surface area contributed by atoms with Gasteiger partial charge in [0.05, 0.1) is 0 Å². The summed E-state index contributed by atoms with van der Waals surface area (Å²) in [6.07, 6.45) is 0. The van der Waals surface area contributed by atoms with Crippen molar-refractivity contribution in [2.24, 2.45) is 0 Å². The van der Waals surface area contributed by atoms with Crippen molar-refractivity contribution in [1.29, 1.82) is 0 Å². The van der Waals surface area contributed by atoms with Crippen molar-refractivity contribution in [2.75, 3.05) is 26.2 Å². The molecule has 148 valence electrons. The molecule has 5 nitrogen and oxygen atoms in total. The van der Waals surface area contributed by atoms with Crippen molar-refractivity contribution in [2.45, 2.75) is 26.4 Å². The zero-order valence-corrected chi connectivity index (χ0v) is 17.1. The Morgan fingerprint density at radius 3 is 2.32 bits per heavy atom. The predicted molar refractivity (Wildman–Crippen MR) is 111 cm³/mol. The SMILES string of the molecule is Cc1ccccc1CN1CCN(C(=O)C(C)NC(=O)c2ccc(Cl)cc2)CC1. The van der Waals surface area contributed by atoms with E-state index >= 15 is 0 Å². The van der Waals surface area contributed by atoms with Gasteiger partial charge in [0.2, 0.25) is 5.91 Å². The van der Waals surface area contributed by atoms with E-state index in [9.17, 15) is 9.59 Å². The normalized spacial score (nSPS) is 15.9. The fraction of sp³-hybridized carbons (Fsp3) is 0.364. The molecule has 1 N–H and O–H groups in total. The van der Waals surface area contributed by atoms with Crippen molar-refractivity contribution in [3.63, 3.8) is 0 Å². The first-order valence-electron chi connectivity index (χ1n) is 9.56. The number of aryl methyl sites for hydroxylation is 1. The molecule has 1 atom stereocenters. The van der Waals surface area contributed by atoms with E-state index in [1.54, 1.807) is 31.2 Å². The molecular formula is C22H26ClN3O2. The highest BCUT2D eigenvalue weighted by molar-refractivity contribution is 6.30. The topological polar surface area (TPSA) is 52.6 Å². The summed E-state index contributed by atoms with van der Waals surface area (Å²) in [5.41, 5.74) is 3.11. The van der Waals surface area contributed by atoms with Gasteiger partial charge in [-0.15, -0.1) is 0 Å². The number of amides is 2. The standard InChI is InChI=1S/C22H26ClN3O2/c1-16-5-3-4-6-19(16)15-25-11-13-26(14-12-25)22(28)17(2)24-21(27)18-7-9-20(23)10-8-18/h3-10,17H,11-15H2,1-2H3,(H,24,27). The third-order valence-corrected chi connectivity index (χ3v) is 5.42. The third-order valence-electron chi connectivity index (χ3n) is 5.16. The van der Waals surface area contributed by atoms with Crippen LogP contribution in [0.2, 0.25) is 5.02 Å². The molecule has 0 spiro atoms. The Hall–Kier alpha value is -2.37. The lowest BCUT2D eigenvalue weighted by Gasteiger charge is -2.36. The molecule has 1 aliphatic heterocycles. The van der Waals surface area contributed by atoms with Gasteiger partial charge in [-0.1, -0.05) is 35.9 Å². The maximum Gasteiger partial charge on any atom is 0.251 e. The van der Waals surface area contributed by atoms with Gasteiger partial charge in [0.15, 0.2) is 0 Å². The average Bonchev–Trinajstić information content (AvgIpc) is 2.70. The summed E-state index contributed by atoms with van der Waals surface area (Å²) in [5.74, 6) is -0.312. The minimum Gasteiger partial charge on any atom is -0.341 e. The van der Waals surface area contributed by atoms with Gasteiger partial charge in [-0.2, -0.15) is 0 Å². The Morgan fingerprint density at radius 2 is 1.68 bits per heavy atom. The first-order chi connectivity index (χ1) is 13.4. The number of rotatable bonds is 5. The largest absolute Gasteiger partial charge is 0.341 e. The van der Waals surface area contributed by atoms with Crippen LogP contribution in [0.15, 0.2) is 48.5 Å². The lowest BCUT2D eigenvalue weighted by atomic mass is 10.1. The van der Waals surface area contributed by atoms with Gasteiger partial charge in [-0.25, -0.2) is 0 Å². The monoisotopic (exact) mass is 399 g/mol. The molecule has 1 heterocycles. The number of carbonyl (C=O) groups excluding carboxylic acids is 2. The Morgan fingerprint density at radius 1 is 1.04 bits per heavy atom. The van der Waals surface area contributed by atoms with Gasteiger partial charge in [0.25, 0.3) is 5.91 Å². The molecule has 28 heavy (non-hydrogen) atoms. The number of nitrogens with zero attached hydrogens (tertiary/aromatic N) is 2. The summed E-state index contributed by atoms with van der Waals surface area (Å²) in [7, 11) is 0. The first kappa shape index (κ1) is 20.4. The van der Waals surface area contributed by atoms with Gasteiger partial charge in [0.1, 0.15) is 6.04 Å². The van der Waals surface area contributed by atoms with Crippen LogP contribution in [0.5, 0.6) is 0 Å². The summed E-state index contributed by atoms with van der Waals surface area (Å²) in [4.78, 5) is 29.2. The van der Waals surface area contributed by atoms with E-state index in [0.717, 1.165) is 19.6 Å². The van der Waals surface area contributed by atoms with E-state index in [-0.39, 0.29) is 11.8 Å².